The van der Waals surface area contributed by atoms with Gasteiger partial charge in [-0.2, -0.15) is 0 Å². The zero-order valence-corrected chi connectivity index (χ0v) is 8.20. The first-order valence-corrected chi connectivity index (χ1v) is 4.57. The van der Waals surface area contributed by atoms with Crippen molar-refractivity contribution >= 4 is 5.69 Å². The molecule has 5 nitrogen and oxygen atoms in total. The third kappa shape index (κ3) is 1.83. The van der Waals surface area contributed by atoms with Gasteiger partial charge in [0.05, 0.1) is 4.92 Å². The number of aromatic hydroxyl groups is 1. The fourth-order valence-electron chi connectivity index (χ4n) is 1.37. The van der Waals surface area contributed by atoms with Crippen LogP contribution in [0.5, 0.6) is 5.88 Å². The number of nitro groups is 1. The van der Waals surface area contributed by atoms with Gasteiger partial charge in [0.25, 0.3) is 5.88 Å². The molecule has 1 N–H and O–H groups in total. The minimum absolute atomic E-state index is 0.388. The van der Waals surface area contributed by atoms with Crippen LogP contribution >= 0.6 is 0 Å². The minimum Gasteiger partial charge on any atom is -0.488 e. The second-order valence-electron chi connectivity index (χ2n) is 3.19. The molecule has 0 amide bonds. The van der Waals surface area contributed by atoms with E-state index in [1.165, 1.54) is 12.3 Å². The van der Waals surface area contributed by atoms with Crippen LogP contribution in [-0.2, 0) is 0 Å². The molecule has 1 aromatic carbocycles. The molecule has 0 bridgehead atoms. The Hall–Kier alpha value is -2.43. The average molecular weight is 216 g/mol. The highest BCUT2D eigenvalue weighted by Gasteiger charge is 2.15. The Morgan fingerprint density at radius 2 is 1.88 bits per heavy atom. The van der Waals surface area contributed by atoms with Gasteiger partial charge in [0, 0.05) is 17.8 Å². The van der Waals surface area contributed by atoms with Gasteiger partial charge in [-0.1, -0.05) is 30.3 Å². The Bertz CT molecular complexity index is 526. The lowest BCUT2D eigenvalue weighted by Crippen LogP contribution is -1.91. The average Bonchev–Trinajstić information content (AvgIpc) is 2.30. The molecular formula is C11H8N2O3. The van der Waals surface area contributed by atoms with Gasteiger partial charge in [-0.25, -0.2) is 4.98 Å². The Kier molecular flexibility index (Phi) is 2.51. The summed E-state index contributed by atoms with van der Waals surface area (Å²) in [5.74, 6) is -0.565. The number of nitrogens with zero attached hydrogens (tertiary/aromatic N) is 2. The van der Waals surface area contributed by atoms with Gasteiger partial charge < -0.3 is 5.11 Å². The van der Waals surface area contributed by atoms with E-state index in [-0.39, 0.29) is 5.69 Å². The molecule has 1 heterocycles. The standard InChI is InChI=1S/C11H8N2O3/c14-11-10(13(15)16)6-9(7-12-11)8-4-2-1-3-5-8/h1-7H,(H,12,14). The first kappa shape index (κ1) is 10.1. The number of hydrogen-bond acceptors (Lipinski definition) is 4. The van der Waals surface area contributed by atoms with Gasteiger partial charge in [-0.05, 0) is 5.56 Å². The molecule has 0 aliphatic heterocycles. The van der Waals surface area contributed by atoms with Crippen molar-refractivity contribution in [2.45, 2.75) is 0 Å². The van der Waals surface area contributed by atoms with E-state index in [1.807, 2.05) is 30.3 Å². The molecule has 0 radical (unpaired) electrons. The third-order valence-corrected chi connectivity index (χ3v) is 2.15. The molecule has 0 atom stereocenters. The summed E-state index contributed by atoms with van der Waals surface area (Å²) in [6.07, 6.45) is 1.40. The highest BCUT2D eigenvalue weighted by molar-refractivity contribution is 5.66. The van der Waals surface area contributed by atoms with E-state index in [4.69, 9.17) is 0 Å². The minimum atomic E-state index is -0.658. The van der Waals surface area contributed by atoms with Crippen LogP contribution in [0, 0.1) is 10.1 Å². The first-order valence-electron chi connectivity index (χ1n) is 4.57. The van der Waals surface area contributed by atoms with E-state index < -0.39 is 10.8 Å². The molecule has 0 aliphatic rings. The molecule has 0 spiro atoms. The predicted octanol–water partition coefficient (Wildman–Crippen LogP) is 2.36. The highest BCUT2D eigenvalue weighted by atomic mass is 16.6. The van der Waals surface area contributed by atoms with Crippen LogP contribution in [0.15, 0.2) is 42.6 Å². The fraction of sp³-hybridized carbons (Fsp3) is 0. The lowest BCUT2D eigenvalue weighted by molar-refractivity contribution is -0.386. The number of rotatable bonds is 2. The van der Waals surface area contributed by atoms with Crippen molar-refractivity contribution in [1.82, 2.24) is 4.98 Å². The summed E-state index contributed by atoms with van der Waals surface area (Å²) in [5.41, 5.74) is 1.03. The molecule has 16 heavy (non-hydrogen) atoms. The maximum Gasteiger partial charge on any atom is 0.331 e. The SMILES string of the molecule is O=[N+]([O-])c1cc(-c2ccccc2)cnc1O. The Balaban J connectivity index is 2.52. The van der Waals surface area contributed by atoms with Crippen molar-refractivity contribution in [2.24, 2.45) is 0 Å². The summed E-state index contributed by atoms with van der Waals surface area (Å²) in [4.78, 5) is 13.5. The second kappa shape index (κ2) is 3.98. The predicted molar refractivity (Wildman–Crippen MR) is 58.0 cm³/mol. The Labute approximate surface area is 91.2 Å². The second-order valence-corrected chi connectivity index (χ2v) is 3.19. The van der Waals surface area contributed by atoms with Gasteiger partial charge in [-0.3, -0.25) is 10.1 Å². The number of aromatic nitrogens is 1. The van der Waals surface area contributed by atoms with Gasteiger partial charge in [0.15, 0.2) is 0 Å². The monoisotopic (exact) mass is 216 g/mol. The number of pyridine rings is 1. The molecular weight excluding hydrogens is 208 g/mol. The van der Waals surface area contributed by atoms with Crippen LogP contribution in [0.25, 0.3) is 11.1 Å². The van der Waals surface area contributed by atoms with Crippen LogP contribution in [0.4, 0.5) is 5.69 Å². The number of benzene rings is 1. The maximum absolute atomic E-state index is 10.6. The van der Waals surface area contributed by atoms with Crippen molar-refractivity contribution in [3.8, 4) is 17.0 Å². The van der Waals surface area contributed by atoms with Gasteiger partial charge >= 0.3 is 5.69 Å². The molecule has 0 fully saturated rings. The van der Waals surface area contributed by atoms with Crippen molar-refractivity contribution in [1.29, 1.82) is 0 Å². The summed E-state index contributed by atoms with van der Waals surface area (Å²) in [7, 11) is 0. The van der Waals surface area contributed by atoms with Crippen molar-refractivity contribution < 1.29 is 10.0 Å². The van der Waals surface area contributed by atoms with Crippen molar-refractivity contribution in [3.63, 3.8) is 0 Å². The fourth-order valence-corrected chi connectivity index (χ4v) is 1.37. The van der Waals surface area contributed by atoms with Crippen LogP contribution in [0.3, 0.4) is 0 Å². The lowest BCUT2D eigenvalue weighted by Gasteiger charge is -2.01. The van der Waals surface area contributed by atoms with Crippen molar-refractivity contribution in [2.75, 3.05) is 0 Å². The van der Waals surface area contributed by atoms with E-state index in [0.29, 0.717) is 5.56 Å². The summed E-state index contributed by atoms with van der Waals surface area (Å²) in [5, 5.41) is 19.8. The third-order valence-electron chi connectivity index (χ3n) is 2.15. The molecule has 2 aromatic rings. The lowest BCUT2D eigenvalue weighted by atomic mass is 10.1. The van der Waals surface area contributed by atoms with Gasteiger partial charge in [-0.15, -0.1) is 0 Å². The van der Waals surface area contributed by atoms with Crippen LogP contribution in [-0.4, -0.2) is 15.0 Å². The summed E-state index contributed by atoms with van der Waals surface area (Å²) >= 11 is 0. The molecule has 0 aliphatic carbocycles. The molecule has 80 valence electrons. The van der Waals surface area contributed by atoms with Crippen LogP contribution in [0.1, 0.15) is 0 Å². The normalized spacial score (nSPS) is 10.0. The summed E-state index contributed by atoms with van der Waals surface area (Å²) < 4.78 is 0. The molecule has 0 saturated carbocycles. The van der Waals surface area contributed by atoms with Gasteiger partial charge in [0.2, 0.25) is 0 Å². The van der Waals surface area contributed by atoms with E-state index in [0.717, 1.165) is 5.56 Å². The molecule has 0 saturated heterocycles. The number of hydrogen-bond donors (Lipinski definition) is 1. The van der Waals surface area contributed by atoms with E-state index in [2.05, 4.69) is 4.98 Å². The largest absolute Gasteiger partial charge is 0.488 e. The van der Waals surface area contributed by atoms with E-state index in [9.17, 15) is 15.2 Å². The first-order chi connectivity index (χ1) is 7.68. The maximum atomic E-state index is 10.6. The zero-order valence-electron chi connectivity index (χ0n) is 8.20. The molecule has 0 unspecified atom stereocenters. The Morgan fingerprint density at radius 1 is 1.19 bits per heavy atom. The summed E-state index contributed by atoms with van der Waals surface area (Å²) in [6.45, 7) is 0. The van der Waals surface area contributed by atoms with E-state index in [1.54, 1.807) is 0 Å². The van der Waals surface area contributed by atoms with Crippen molar-refractivity contribution in [3.05, 3.63) is 52.7 Å². The van der Waals surface area contributed by atoms with Crippen LogP contribution < -0.4 is 0 Å². The quantitative estimate of drug-likeness (QED) is 0.617. The summed E-state index contributed by atoms with van der Waals surface area (Å²) in [6, 6.07) is 10.4. The topological polar surface area (TPSA) is 76.3 Å². The van der Waals surface area contributed by atoms with Gasteiger partial charge in [0.1, 0.15) is 0 Å². The molecule has 1 aromatic heterocycles. The Morgan fingerprint density at radius 3 is 2.50 bits per heavy atom. The van der Waals surface area contributed by atoms with Crippen LogP contribution in [0.2, 0.25) is 0 Å². The molecule has 2 rings (SSSR count). The van der Waals surface area contributed by atoms with E-state index >= 15 is 0 Å². The highest BCUT2D eigenvalue weighted by Crippen LogP contribution is 2.28. The smallest absolute Gasteiger partial charge is 0.331 e. The molecule has 5 heteroatoms. The zero-order chi connectivity index (χ0) is 11.5.